The molecule has 216 valence electrons. The predicted octanol–water partition coefficient (Wildman–Crippen LogP) is 5.14. The maximum Gasteiger partial charge on any atom is 0.331 e. The van der Waals surface area contributed by atoms with Gasteiger partial charge < -0.3 is 25.2 Å². The number of hydrogen-bond acceptors (Lipinski definition) is 6. The van der Waals surface area contributed by atoms with E-state index in [9.17, 15) is 25.2 Å². The van der Waals surface area contributed by atoms with Crippen molar-refractivity contribution >= 4 is 5.97 Å². The van der Waals surface area contributed by atoms with Gasteiger partial charge in [0.05, 0.1) is 24.4 Å². The van der Waals surface area contributed by atoms with Crippen molar-refractivity contribution in [1.82, 2.24) is 0 Å². The van der Waals surface area contributed by atoms with Crippen molar-refractivity contribution in [2.24, 2.45) is 35.5 Å². The molecule has 0 saturated carbocycles. The monoisotopic (exact) mass is 532 g/mol. The Morgan fingerprint density at radius 2 is 1.61 bits per heavy atom. The zero-order valence-electron chi connectivity index (χ0n) is 24.2. The zero-order valence-corrected chi connectivity index (χ0v) is 24.2. The Hall–Kier alpha value is -1.99. The fraction of sp³-hybridized carbons (Fsp3) is 0.656. The molecule has 0 aromatic heterocycles. The molecule has 1 heterocycles. The molecule has 0 aliphatic carbocycles. The maximum absolute atomic E-state index is 12.6. The van der Waals surface area contributed by atoms with Crippen LogP contribution >= 0.6 is 0 Å². The van der Waals surface area contributed by atoms with Crippen molar-refractivity contribution in [3.8, 4) is 0 Å². The molecule has 0 bridgehead atoms. The number of esters is 1. The van der Waals surface area contributed by atoms with Gasteiger partial charge in [0.25, 0.3) is 0 Å². The van der Waals surface area contributed by atoms with Gasteiger partial charge in [0.1, 0.15) is 6.10 Å². The van der Waals surface area contributed by atoms with Crippen LogP contribution in [0.15, 0.2) is 61.3 Å². The van der Waals surface area contributed by atoms with Crippen LogP contribution in [-0.2, 0) is 9.53 Å². The molecule has 1 rings (SSSR count). The van der Waals surface area contributed by atoms with Gasteiger partial charge in [0, 0.05) is 36.2 Å². The summed E-state index contributed by atoms with van der Waals surface area (Å²) in [6.07, 6.45) is 14.2. The molecule has 0 amide bonds. The highest BCUT2D eigenvalue weighted by Gasteiger charge is 2.31. The molecule has 0 aromatic rings. The summed E-state index contributed by atoms with van der Waals surface area (Å²) < 4.78 is 5.81. The van der Waals surface area contributed by atoms with Crippen molar-refractivity contribution in [3.05, 3.63) is 61.3 Å². The van der Waals surface area contributed by atoms with Crippen LogP contribution in [0.1, 0.15) is 67.2 Å². The van der Waals surface area contributed by atoms with Crippen LogP contribution in [-0.4, -0.2) is 56.9 Å². The summed E-state index contributed by atoms with van der Waals surface area (Å²) in [7, 11) is 0. The lowest BCUT2D eigenvalue weighted by molar-refractivity contribution is -0.150. The van der Waals surface area contributed by atoms with Gasteiger partial charge in [-0.15, -0.1) is 0 Å². The van der Waals surface area contributed by atoms with E-state index in [-0.39, 0.29) is 41.9 Å². The van der Waals surface area contributed by atoms with Gasteiger partial charge in [-0.2, -0.15) is 0 Å². The molecule has 1 aliphatic rings. The van der Waals surface area contributed by atoms with E-state index in [1.807, 2.05) is 52.8 Å². The Morgan fingerprint density at radius 3 is 2.26 bits per heavy atom. The average molecular weight is 533 g/mol. The molecule has 0 saturated heterocycles. The number of hydrogen-bond donors (Lipinski definition) is 4. The predicted molar refractivity (Wildman–Crippen MR) is 154 cm³/mol. The summed E-state index contributed by atoms with van der Waals surface area (Å²) in [5.74, 6) is -0.976. The van der Waals surface area contributed by atoms with E-state index in [1.165, 1.54) is 6.08 Å². The lowest BCUT2D eigenvalue weighted by Gasteiger charge is -2.31. The molecule has 4 N–H and O–H groups in total. The first-order valence-electron chi connectivity index (χ1n) is 14.1. The van der Waals surface area contributed by atoms with Crippen molar-refractivity contribution in [2.45, 2.75) is 97.7 Å². The third-order valence-corrected chi connectivity index (χ3v) is 7.78. The number of allylic oxidation sites excluding steroid dienone is 4. The lowest BCUT2D eigenvalue weighted by Crippen LogP contribution is -2.37. The van der Waals surface area contributed by atoms with Crippen LogP contribution in [0.5, 0.6) is 0 Å². The van der Waals surface area contributed by atoms with Crippen LogP contribution in [0.25, 0.3) is 0 Å². The van der Waals surface area contributed by atoms with E-state index >= 15 is 0 Å². The summed E-state index contributed by atoms with van der Waals surface area (Å²) >= 11 is 0. The standard InChI is InChI=1S/C32H52O6/c1-8-9-12-24(5)32-26(7)28(34)18-15-21(2)19-25(6)31(37)23(4)16-17-27(33)20-29(35)22(3)13-10-11-14-30(36)38-32/h8-14,16-17,21-29,31-35,37H,1,15,18-20H2,2-7H3/b12-9-,13-10+,14-11-,17-16-/t21-,22+,23-,24-,25-,26-,27?,28+,29-,31-,32-/m0/s1. The molecule has 11 atom stereocenters. The van der Waals surface area contributed by atoms with Crippen molar-refractivity contribution in [3.63, 3.8) is 0 Å². The highest BCUT2D eigenvalue weighted by Crippen LogP contribution is 2.28. The lowest BCUT2D eigenvalue weighted by atomic mass is 9.82. The third kappa shape index (κ3) is 12.2. The van der Waals surface area contributed by atoms with Gasteiger partial charge in [-0.25, -0.2) is 4.79 Å². The van der Waals surface area contributed by atoms with Crippen molar-refractivity contribution in [1.29, 1.82) is 0 Å². The minimum absolute atomic E-state index is 0.0366. The topological polar surface area (TPSA) is 107 Å². The van der Waals surface area contributed by atoms with E-state index in [4.69, 9.17) is 4.74 Å². The second kappa shape index (κ2) is 17.6. The smallest absolute Gasteiger partial charge is 0.331 e. The van der Waals surface area contributed by atoms with Crippen LogP contribution in [0, 0.1) is 35.5 Å². The SMILES string of the molecule is C=C/C=C\[C@H](C)[C@@H]1OC(=O)/C=C\C=C\[C@@H](C)[C@@H](O)CC(O)/C=C\[C@H](C)[C@H](O)[C@@H](C)C[C@@H](C)CC[C@@H](O)[C@@H]1C. The van der Waals surface area contributed by atoms with Gasteiger partial charge in [-0.1, -0.05) is 96.7 Å². The number of carbonyl (C=O) groups is 1. The van der Waals surface area contributed by atoms with E-state index in [2.05, 4.69) is 13.5 Å². The van der Waals surface area contributed by atoms with Crippen LogP contribution in [0.2, 0.25) is 0 Å². The molecule has 1 aliphatic heterocycles. The molecule has 38 heavy (non-hydrogen) atoms. The van der Waals surface area contributed by atoms with Crippen LogP contribution < -0.4 is 0 Å². The third-order valence-electron chi connectivity index (χ3n) is 7.78. The number of aliphatic hydroxyl groups excluding tert-OH is 4. The summed E-state index contributed by atoms with van der Waals surface area (Å²) in [5, 5.41) is 42.7. The van der Waals surface area contributed by atoms with Crippen molar-refractivity contribution < 1.29 is 30.0 Å². The number of aliphatic hydroxyl groups is 4. The Balaban J connectivity index is 3.17. The molecule has 0 spiro atoms. The summed E-state index contributed by atoms with van der Waals surface area (Å²) in [5.41, 5.74) is 0. The zero-order chi connectivity index (χ0) is 28.8. The number of cyclic esters (lactones) is 1. The van der Waals surface area contributed by atoms with Crippen LogP contribution in [0.4, 0.5) is 0 Å². The normalized spacial score (nSPS) is 40.7. The molecule has 6 heteroatoms. The van der Waals surface area contributed by atoms with Gasteiger partial charge in [0.2, 0.25) is 0 Å². The highest BCUT2D eigenvalue weighted by molar-refractivity contribution is 5.82. The maximum atomic E-state index is 12.6. The number of rotatable bonds is 3. The van der Waals surface area contributed by atoms with Gasteiger partial charge in [0.15, 0.2) is 0 Å². The van der Waals surface area contributed by atoms with E-state index in [0.29, 0.717) is 6.42 Å². The van der Waals surface area contributed by atoms with E-state index in [0.717, 1.165) is 12.8 Å². The molecule has 0 fully saturated rings. The molecule has 0 aromatic carbocycles. The summed E-state index contributed by atoms with van der Waals surface area (Å²) in [6, 6.07) is 0. The largest absolute Gasteiger partial charge is 0.458 e. The first-order chi connectivity index (χ1) is 17.9. The van der Waals surface area contributed by atoms with Crippen LogP contribution in [0.3, 0.4) is 0 Å². The quantitative estimate of drug-likeness (QED) is 0.228. The van der Waals surface area contributed by atoms with Gasteiger partial charge in [-0.05, 0) is 31.1 Å². The summed E-state index contributed by atoms with van der Waals surface area (Å²) in [6.45, 7) is 15.5. The highest BCUT2D eigenvalue weighted by atomic mass is 16.5. The first kappa shape index (κ1) is 34.0. The van der Waals surface area contributed by atoms with E-state index < -0.39 is 36.5 Å². The summed E-state index contributed by atoms with van der Waals surface area (Å²) in [4.78, 5) is 12.6. The fourth-order valence-corrected chi connectivity index (χ4v) is 5.04. The Kier molecular flexibility index (Phi) is 15.7. The Morgan fingerprint density at radius 1 is 0.921 bits per heavy atom. The molecular weight excluding hydrogens is 480 g/mol. The molecule has 0 radical (unpaired) electrons. The number of carbonyl (C=O) groups excluding carboxylic acids is 1. The Bertz CT molecular complexity index is 815. The fourth-order valence-electron chi connectivity index (χ4n) is 5.04. The molecule has 6 nitrogen and oxygen atoms in total. The first-order valence-corrected chi connectivity index (χ1v) is 14.1. The second-order valence-electron chi connectivity index (χ2n) is 11.4. The van der Waals surface area contributed by atoms with E-state index in [1.54, 1.807) is 30.4 Å². The minimum atomic E-state index is -0.828. The van der Waals surface area contributed by atoms with Crippen molar-refractivity contribution in [2.75, 3.05) is 0 Å². The minimum Gasteiger partial charge on any atom is -0.458 e. The average Bonchev–Trinajstić information content (AvgIpc) is 2.88. The molecule has 1 unspecified atom stereocenters. The molecular formula is C32H52O6. The second-order valence-corrected chi connectivity index (χ2v) is 11.4. The Labute approximate surface area is 230 Å². The number of ether oxygens (including phenoxy) is 1. The van der Waals surface area contributed by atoms with Gasteiger partial charge >= 0.3 is 5.97 Å². The van der Waals surface area contributed by atoms with Gasteiger partial charge in [-0.3, -0.25) is 0 Å².